The Labute approximate surface area is 189 Å². The maximum absolute atomic E-state index is 12.7. The molecule has 1 saturated heterocycles. The number of amides is 1. The molecular formula is C24H31N7O. The first kappa shape index (κ1) is 22.0. The summed E-state index contributed by atoms with van der Waals surface area (Å²) in [6, 6.07) is 12.0. The van der Waals surface area contributed by atoms with Crippen molar-refractivity contribution in [2.24, 2.45) is 0 Å². The number of aromatic nitrogens is 4. The molecule has 2 aromatic heterocycles. The predicted octanol–water partition coefficient (Wildman–Crippen LogP) is 2.23. The SMILES string of the molecule is CCc1c(C(=O)NCCCN2CCN(c3ncccn3)CC2)cnn1Cc1ccccc1. The molecule has 4 rings (SSSR count). The zero-order valence-electron chi connectivity index (χ0n) is 18.7. The van der Waals surface area contributed by atoms with Gasteiger partial charge < -0.3 is 10.2 Å². The minimum absolute atomic E-state index is 0.0350. The van der Waals surface area contributed by atoms with E-state index in [0.29, 0.717) is 18.7 Å². The molecule has 0 saturated carbocycles. The third-order valence-corrected chi connectivity index (χ3v) is 5.85. The molecule has 168 valence electrons. The molecular weight excluding hydrogens is 402 g/mol. The van der Waals surface area contributed by atoms with Gasteiger partial charge in [0.25, 0.3) is 5.91 Å². The summed E-state index contributed by atoms with van der Waals surface area (Å²) < 4.78 is 1.93. The number of rotatable bonds is 9. The summed E-state index contributed by atoms with van der Waals surface area (Å²) in [5.74, 6) is 0.770. The molecule has 1 N–H and O–H groups in total. The maximum atomic E-state index is 12.7. The molecule has 0 atom stereocenters. The Hall–Kier alpha value is -3.26. The lowest BCUT2D eigenvalue weighted by atomic mass is 10.1. The first-order valence-corrected chi connectivity index (χ1v) is 11.4. The van der Waals surface area contributed by atoms with E-state index in [4.69, 9.17) is 0 Å². The van der Waals surface area contributed by atoms with E-state index in [2.05, 4.69) is 49.2 Å². The Morgan fingerprint density at radius 1 is 1.03 bits per heavy atom. The van der Waals surface area contributed by atoms with Crippen molar-refractivity contribution in [2.45, 2.75) is 26.3 Å². The second kappa shape index (κ2) is 10.9. The van der Waals surface area contributed by atoms with Crippen molar-refractivity contribution in [3.05, 3.63) is 71.8 Å². The van der Waals surface area contributed by atoms with Gasteiger partial charge in [-0.25, -0.2) is 9.97 Å². The smallest absolute Gasteiger partial charge is 0.254 e. The van der Waals surface area contributed by atoms with Gasteiger partial charge in [-0.15, -0.1) is 0 Å². The Kier molecular flexibility index (Phi) is 7.45. The van der Waals surface area contributed by atoms with Crippen molar-refractivity contribution in [2.75, 3.05) is 44.2 Å². The molecule has 3 heterocycles. The van der Waals surface area contributed by atoms with Gasteiger partial charge in [0.1, 0.15) is 0 Å². The monoisotopic (exact) mass is 433 g/mol. The fourth-order valence-corrected chi connectivity index (χ4v) is 4.09. The number of piperazine rings is 1. The molecule has 0 radical (unpaired) electrons. The fourth-order valence-electron chi connectivity index (χ4n) is 4.09. The molecule has 8 nitrogen and oxygen atoms in total. The first-order chi connectivity index (χ1) is 15.7. The van der Waals surface area contributed by atoms with E-state index in [1.54, 1.807) is 18.6 Å². The maximum Gasteiger partial charge on any atom is 0.254 e. The van der Waals surface area contributed by atoms with Crippen LogP contribution in [0.15, 0.2) is 55.0 Å². The third kappa shape index (κ3) is 5.50. The highest BCUT2D eigenvalue weighted by atomic mass is 16.1. The summed E-state index contributed by atoms with van der Waals surface area (Å²) in [7, 11) is 0. The number of nitrogens with one attached hydrogen (secondary N) is 1. The highest BCUT2D eigenvalue weighted by Crippen LogP contribution is 2.13. The number of nitrogens with zero attached hydrogens (tertiary/aromatic N) is 6. The van der Waals surface area contributed by atoms with Gasteiger partial charge >= 0.3 is 0 Å². The topological polar surface area (TPSA) is 79.2 Å². The molecule has 3 aromatic rings. The second-order valence-corrected chi connectivity index (χ2v) is 7.99. The largest absolute Gasteiger partial charge is 0.352 e. The lowest BCUT2D eigenvalue weighted by Crippen LogP contribution is -2.47. The van der Waals surface area contributed by atoms with Crippen molar-refractivity contribution in [3.8, 4) is 0 Å². The van der Waals surface area contributed by atoms with Crippen LogP contribution >= 0.6 is 0 Å². The number of hydrogen-bond acceptors (Lipinski definition) is 6. The van der Waals surface area contributed by atoms with Crippen molar-refractivity contribution < 1.29 is 4.79 Å². The van der Waals surface area contributed by atoms with Gasteiger partial charge in [-0.2, -0.15) is 5.10 Å². The third-order valence-electron chi connectivity index (χ3n) is 5.85. The van der Waals surface area contributed by atoms with E-state index >= 15 is 0 Å². The van der Waals surface area contributed by atoms with Crippen LogP contribution in [0.1, 0.15) is 35.0 Å². The average Bonchev–Trinajstić information content (AvgIpc) is 3.26. The summed E-state index contributed by atoms with van der Waals surface area (Å²) in [5.41, 5.74) is 2.83. The van der Waals surface area contributed by atoms with Gasteiger partial charge in [0, 0.05) is 45.1 Å². The number of anilines is 1. The van der Waals surface area contributed by atoms with Crippen LogP contribution in [0.25, 0.3) is 0 Å². The summed E-state index contributed by atoms with van der Waals surface area (Å²) in [6.45, 7) is 8.20. The van der Waals surface area contributed by atoms with Crippen LogP contribution in [0.5, 0.6) is 0 Å². The molecule has 0 aliphatic carbocycles. The second-order valence-electron chi connectivity index (χ2n) is 7.99. The van der Waals surface area contributed by atoms with Crippen LogP contribution in [-0.2, 0) is 13.0 Å². The van der Waals surface area contributed by atoms with Gasteiger partial charge in [-0.3, -0.25) is 14.4 Å². The Morgan fingerprint density at radius 3 is 2.50 bits per heavy atom. The number of carbonyl (C=O) groups excluding carboxylic acids is 1. The van der Waals surface area contributed by atoms with Crippen LogP contribution in [0, 0.1) is 0 Å². The first-order valence-electron chi connectivity index (χ1n) is 11.4. The van der Waals surface area contributed by atoms with Crippen LogP contribution in [0.4, 0.5) is 5.95 Å². The normalized spacial score (nSPS) is 14.5. The van der Waals surface area contributed by atoms with Gasteiger partial charge in [0.05, 0.1) is 24.0 Å². The molecule has 1 aromatic carbocycles. The molecule has 0 spiro atoms. The minimum atomic E-state index is -0.0350. The van der Waals surface area contributed by atoms with E-state index < -0.39 is 0 Å². The van der Waals surface area contributed by atoms with Crippen LogP contribution < -0.4 is 10.2 Å². The summed E-state index contributed by atoms with van der Waals surface area (Å²) >= 11 is 0. The quantitative estimate of drug-likeness (QED) is 0.522. The van der Waals surface area contributed by atoms with Gasteiger partial charge in [-0.1, -0.05) is 37.3 Å². The van der Waals surface area contributed by atoms with Crippen LogP contribution in [0.3, 0.4) is 0 Å². The van der Waals surface area contributed by atoms with Crippen LogP contribution in [-0.4, -0.2) is 69.8 Å². The fraction of sp³-hybridized carbons (Fsp3) is 0.417. The van der Waals surface area contributed by atoms with Crippen molar-refractivity contribution in [1.82, 2.24) is 30.0 Å². The van der Waals surface area contributed by atoms with E-state index in [9.17, 15) is 4.79 Å². The molecule has 1 amide bonds. The van der Waals surface area contributed by atoms with E-state index in [-0.39, 0.29) is 5.91 Å². The molecule has 0 bridgehead atoms. The average molecular weight is 434 g/mol. The van der Waals surface area contributed by atoms with Crippen molar-refractivity contribution in [1.29, 1.82) is 0 Å². The molecule has 1 aliphatic rings. The lowest BCUT2D eigenvalue weighted by molar-refractivity contribution is 0.0950. The molecule has 0 unspecified atom stereocenters. The Balaban J connectivity index is 1.21. The summed E-state index contributed by atoms with van der Waals surface area (Å²) in [6.07, 6.45) is 6.96. The lowest BCUT2D eigenvalue weighted by Gasteiger charge is -2.34. The predicted molar refractivity (Wildman–Crippen MR) is 125 cm³/mol. The van der Waals surface area contributed by atoms with Crippen LogP contribution in [0.2, 0.25) is 0 Å². The zero-order valence-corrected chi connectivity index (χ0v) is 18.7. The van der Waals surface area contributed by atoms with Crippen molar-refractivity contribution in [3.63, 3.8) is 0 Å². The summed E-state index contributed by atoms with van der Waals surface area (Å²) in [4.78, 5) is 26.1. The van der Waals surface area contributed by atoms with Gasteiger partial charge in [0.15, 0.2) is 0 Å². The molecule has 1 aliphatic heterocycles. The van der Waals surface area contributed by atoms with Gasteiger partial charge in [-0.05, 0) is 31.0 Å². The van der Waals surface area contributed by atoms with E-state index in [0.717, 1.165) is 57.2 Å². The zero-order chi connectivity index (χ0) is 22.2. The number of carbonyl (C=O) groups is 1. The van der Waals surface area contributed by atoms with Gasteiger partial charge in [0.2, 0.25) is 5.95 Å². The summed E-state index contributed by atoms with van der Waals surface area (Å²) in [5, 5.41) is 7.55. The standard InChI is InChI=1S/C24H31N7O/c1-2-22-21(18-28-31(22)19-20-8-4-3-5-9-20)23(32)25-12-7-13-29-14-16-30(17-15-29)24-26-10-6-11-27-24/h3-6,8-11,18H,2,7,12-17,19H2,1H3,(H,25,32). The van der Waals surface area contributed by atoms with Crippen molar-refractivity contribution >= 4 is 11.9 Å². The Morgan fingerprint density at radius 2 is 1.78 bits per heavy atom. The number of hydrogen-bond donors (Lipinski definition) is 1. The molecule has 1 fully saturated rings. The highest BCUT2D eigenvalue weighted by Gasteiger charge is 2.19. The Bertz CT molecular complexity index is 982. The van der Waals surface area contributed by atoms with E-state index in [1.165, 1.54) is 5.56 Å². The minimum Gasteiger partial charge on any atom is -0.352 e. The van der Waals surface area contributed by atoms with E-state index in [1.807, 2.05) is 28.9 Å². The highest BCUT2D eigenvalue weighted by molar-refractivity contribution is 5.95. The number of benzene rings is 1. The molecule has 8 heteroatoms. The molecule has 32 heavy (non-hydrogen) atoms.